The van der Waals surface area contributed by atoms with Crippen LogP contribution in [0.2, 0.25) is 0 Å². The van der Waals surface area contributed by atoms with E-state index in [0.717, 1.165) is 37.6 Å². The van der Waals surface area contributed by atoms with Gasteiger partial charge >= 0.3 is 6.18 Å². The van der Waals surface area contributed by atoms with E-state index in [4.69, 9.17) is 10.5 Å². The fraction of sp³-hybridized carbons (Fsp3) is 0.611. The Balaban J connectivity index is 1.87. The molecule has 0 saturated carbocycles. The number of nitrogens with two attached hydrogens (primary N) is 1. The number of hydrogen-bond donors (Lipinski definition) is 2. The molecule has 1 unspecified atom stereocenters. The molecule has 10 heteroatoms. The van der Waals surface area contributed by atoms with Gasteiger partial charge in [0.25, 0.3) is 0 Å². The Morgan fingerprint density at radius 3 is 2.86 bits per heavy atom. The number of nitrogens with zero attached hydrogens (tertiary/aromatic N) is 3. The molecule has 1 atom stereocenters. The van der Waals surface area contributed by atoms with Crippen LogP contribution in [-0.2, 0) is 11.0 Å². The summed E-state index contributed by atoms with van der Waals surface area (Å²) in [5, 5.41) is 3.21. The molecule has 2 heterocycles. The summed E-state index contributed by atoms with van der Waals surface area (Å²) in [5.41, 5.74) is 4.49. The molecule has 28 heavy (non-hydrogen) atoms. The van der Waals surface area contributed by atoms with Crippen LogP contribution < -0.4 is 15.8 Å². The number of pyridine rings is 1. The highest BCUT2D eigenvalue weighted by molar-refractivity contribution is 5.80. The summed E-state index contributed by atoms with van der Waals surface area (Å²) in [7, 11) is 0. The quantitative estimate of drug-likeness (QED) is 0.414. The first-order chi connectivity index (χ1) is 13.3. The highest BCUT2D eigenvalue weighted by atomic mass is 19.4. The van der Waals surface area contributed by atoms with E-state index in [0.29, 0.717) is 26.1 Å². The van der Waals surface area contributed by atoms with Crippen LogP contribution in [0.3, 0.4) is 0 Å². The summed E-state index contributed by atoms with van der Waals surface area (Å²) in [6.07, 6.45) is -1.40. The van der Waals surface area contributed by atoms with Gasteiger partial charge < -0.3 is 20.7 Å². The monoisotopic (exact) mass is 401 g/mol. The minimum absolute atomic E-state index is 0.118. The second kappa shape index (κ2) is 10.1. The van der Waals surface area contributed by atoms with E-state index in [1.807, 2.05) is 6.92 Å². The first kappa shape index (κ1) is 21.8. The molecule has 1 aromatic heterocycles. The Hall–Kier alpha value is -2.52. The predicted octanol–water partition coefficient (Wildman–Crippen LogP) is 2.03. The minimum atomic E-state index is -4.42. The molecule has 0 bridgehead atoms. The van der Waals surface area contributed by atoms with Crippen LogP contribution in [0.1, 0.15) is 31.7 Å². The number of alkyl halides is 3. The molecule has 1 amide bonds. The van der Waals surface area contributed by atoms with Crippen LogP contribution in [0.25, 0.3) is 0 Å². The Morgan fingerprint density at radius 2 is 2.25 bits per heavy atom. The van der Waals surface area contributed by atoms with E-state index >= 15 is 0 Å². The van der Waals surface area contributed by atoms with Crippen molar-refractivity contribution >= 4 is 11.9 Å². The molecule has 1 saturated heterocycles. The van der Waals surface area contributed by atoms with E-state index in [1.54, 1.807) is 0 Å². The van der Waals surface area contributed by atoms with E-state index < -0.39 is 11.7 Å². The van der Waals surface area contributed by atoms with E-state index in [9.17, 15) is 18.0 Å². The molecule has 1 fully saturated rings. The summed E-state index contributed by atoms with van der Waals surface area (Å²) in [6, 6.07) is 2.12. The van der Waals surface area contributed by atoms with Crippen molar-refractivity contribution in [1.29, 1.82) is 0 Å². The van der Waals surface area contributed by atoms with Gasteiger partial charge in [-0.25, -0.2) is 9.98 Å². The number of guanidine groups is 1. The van der Waals surface area contributed by atoms with Crippen LogP contribution in [0.15, 0.2) is 23.3 Å². The first-order valence-corrected chi connectivity index (χ1v) is 9.27. The molecule has 3 N–H and O–H groups in total. The molecule has 0 aliphatic carbocycles. The van der Waals surface area contributed by atoms with Crippen LogP contribution in [0.4, 0.5) is 13.2 Å². The van der Waals surface area contributed by atoms with Crippen molar-refractivity contribution in [3.63, 3.8) is 0 Å². The zero-order chi connectivity index (χ0) is 20.6. The van der Waals surface area contributed by atoms with Crippen LogP contribution >= 0.6 is 0 Å². The molecule has 2 rings (SSSR count). The number of amides is 1. The maximum atomic E-state index is 12.5. The molecule has 1 aliphatic heterocycles. The van der Waals surface area contributed by atoms with E-state index in [2.05, 4.69) is 20.2 Å². The number of aliphatic imine (C=N–C) groups is 1. The fourth-order valence-electron chi connectivity index (χ4n) is 3.07. The van der Waals surface area contributed by atoms with Gasteiger partial charge in [0.2, 0.25) is 11.8 Å². The van der Waals surface area contributed by atoms with Gasteiger partial charge in [-0.15, -0.1) is 0 Å². The maximum absolute atomic E-state index is 12.5. The van der Waals surface area contributed by atoms with Gasteiger partial charge in [0.15, 0.2) is 5.96 Å². The average Bonchev–Trinajstić information content (AvgIpc) is 2.63. The highest BCUT2D eigenvalue weighted by Gasteiger charge is 2.30. The smallest absolute Gasteiger partial charge is 0.417 e. The number of nitrogens with one attached hydrogen (secondary N) is 1. The second-order valence-corrected chi connectivity index (χ2v) is 6.59. The molecule has 7 nitrogen and oxygen atoms in total. The molecular formula is C18H26F3N5O2. The standard InChI is InChI=1S/C18H26F3N5O2/c1-2-23-17(26-8-3-4-13(12-26)10-15(22)27)24-7-9-28-16-6-5-14(11-25-16)18(19,20)21/h5-6,11,13H,2-4,7-10,12H2,1H3,(H2,22,27)(H,23,24). The van der Waals surface area contributed by atoms with Gasteiger partial charge in [0, 0.05) is 38.3 Å². The molecule has 0 aromatic carbocycles. The number of halogens is 3. The Morgan fingerprint density at radius 1 is 1.46 bits per heavy atom. The highest BCUT2D eigenvalue weighted by Crippen LogP contribution is 2.29. The van der Waals surface area contributed by atoms with E-state index in [1.165, 1.54) is 6.07 Å². The number of aromatic nitrogens is 1. The largest absolute Gasteiger partial charge is 0.476 e. The van der Waals surface area contributed by atoms with Crippen LogP contribution in [0, 0.1) is 5.92 Å². The van der Waals surface area contributed by atoms with Crippen molar-refractivity contribution in [2.24, 2.45) is 16.6 Å². The summed E-state index contributed by atoms with van der Waals surface area (Å²) in [6.45, 7) is 4.70. The number of hydrogen-bond acceptors (Lipinski definition) is 4. The lowest BCUT2D eigenvalue weighted by Crippen LogP contribution is -2.47. The lowest BCUT2D eigenvalue weighted by molar-refractivity contribution is -0.137. The molecule has 156 valence electrons. The third kappa shape index (κ3) is 6.90. The number of piperidine rings is 1. The molecule has 1 aromatic rings. The Labute approximate surface area is 162 Å². The van der Waals surface area contributed by atoms with Gasteiger partial charge in [-0.05, 0) is 31.7 Å². The average molecular weight is 401 g/mol. The van der Waals surface area contributed by atoms with Crippen LogP contribution in [-0.4, -0.2) is 54.5 Å². The summed E-state index contributed by atoms with van der Waals surface area (Å²) >= 11 is 0. The molecule has 0 spiro atoms. The topological polar surface area (TPSA) is 92.8 Å². The summed E-state index contributed by atoms with van der Waals surface area (Å²) < 4.78 is 42.9. The zero-order valence-electron chi connectivity index (χ0n) is 15.8. The maximum Gasteiger partial charge on any atom is 0.417 e. The Bertz CT molecular complexity index is 664. The van der Waals surface area contributed by atoms with Gasteiger partial charge in [-0.2, -0.15) is 13.2 Å². The van der Waals surface area contributed by atoms with Gasteiger partial charge in [-0.1, -0.05) is 0 Å². The van der Waals surface area contributed by atoms with Crippen molar-refractivity contribution in [2.45, 2.75) is 32.4 Å². The number of ether oxygens (including phenoxy) is 1. The number of primary amides is 1. The molecule has 0 radical (unpaired) electrons. The van der Waals surface area contributed by atoms with Crippen molar-refractivity contribution in [3.8, 4) is 5.88 Å². The third-order valence-corrected chi connectivity index (χ3v) is 4.31. The lowest BCUT2D eigenvalue weighted by Gasteiger charge is -2.34. The molecule has 1 aliphatic rings. The van der Waals surface area contributed by atoms with Crippen molar-refractivity contribution in [2.75, 3.05) is 32.8 Å². The van der Waals surface area contributed by atoms with E-state index in [-0.39, 0.29) is 24.3 Å². The number of carbonyl (C=O) groups excluding carboxylic acids is 1. The van der Waals surface area contributed by atoms with Crippen molar-refractivity contribution in [1.82, 2.24) is 15.2 Å². The van der Waals surface area contributed by atoms with Crippen molar-refractivity contribution in [3.05, 3.63) is 23.9 Å². The second-order valence-electron chi connectivity index (χ2n) is 6.59. The van der Waals surface area contributed by atoms with Crippen molar-refractivity contribution < 1.29 is 22.7 Å². The van der Waals surface area contributed by atoms with Gasteiger partial charge in [-0.3, -0.25) is 4.79 Å². The lowest BCUT2D eigenvalue weighted by atomic mass is 9.95. The predicted molar refractivity (Wildman–Crippen MR) is 98.8 cm³/mol. The zero-order valence-corrected chi connectivity index (χ0v) is 15.8. The normalized spacial score (nSPS) is 18.1. The first-order valence-electron chi connectivity index (χ1n) is 9.27. The van der Waals surface area contributed by atoms with Gasteiger partial charge in [0.1, 0.15) is 6.61 Å². The third-order valence-electron chi connectivity index (χ3n) is 4.31. The SMILES string of the molecule is CCNC(=NCCOc1ccc(C(F)(F)F)cn1)N1CCCC(CC(N)=O)C1. The number of carbonyl (C=O) groups is 1. The van der Waals surface area contributed by atoms with Gasteiger partial charge in [0.05, 0.1) is 12.1 Å². The Kier molecular flexibility index (Phi) is 7.89. The fourth-order valence-corrected chi connectivity index (χ4v) is 3.07. The van der Waals surface area contributed by atoms with Crippen LogP contribution in [0.5, 0.6) is 5.88 Å². The number of rotatable bonds is 7. The summed E-state index contributed by atoms with van der Waals surface area (Å²) in [5.74, 6) is 0.752. The molecular weight excluding hydrogens is 375 g/mol. The minimum Gasteiger partial charge on any atom is -0.476 e. The summed E-state index contributed by atoms with van der Waals surface area (Å²) in [4.78, 5) is 21.4. The number of likely N-dealkylation sites (tertiary alicyclic amines) is 1.